The van der Waals surface area contributed by atoms with Gasteiger partial charge in [0.15, 0.2) is 0 Å². The third kappa shape index (κ3) is 4.01. The quantitative estimate of drug-likeness (QED) is 0.768. The molecule has 1 aromatic carbocycles. The van der Waals surface area contributed by atoms with E-state index in [1.54, 1.807) is 0 Å². The Morgan fingerprint density at radius 2 is 1.91 bits per heavy atom. The van der Waals surface area contributed by atoms with Crippen LogP contribution < -0.4 is 0 Å². The summed E-state index contributed by atoms with van der Waals surface area (Å²) in [5, 5.41) is 0.994. The Bertz CT molecular complexity index is 716. The smallest absolute Gasteiger partial charge is 0.330 e. The van der Waals surface area contributed by atoms with E-state index in [1.807, 2.05) is 0 Å². The van der Waals surface area contributed by atoms with E-state index < -0.39 is 22.2 Å². The molecule has 0 saturated carbocycles. The fourth-order valence-corrected chi connectivity index (χ4v) is 3.28. The highest BCUT2D eigenvalue weighted by Gasteiger charge is 2.43. The predicted molar refractivity (Wildman–Crippen MR) is 73.6 cm³/mol. The summed E-state index contributed by atoms with van der Waals surface area (Å²) in [6, 6.07) is 4.10. The topological polar surface area (TPSA) is 66.9 Å². The number of hydroxylamine groups is 2. The van der Waals surface area contributed by atoms with Crippen molar-refractivity contribution in [3.05, 3.63) is 29.3 Å². The van der Waals surface area contributed by atoms with Crippen LogP contribution in [-0.2, 0) is 32.2 Å². The number of fused-ring (bicyclic) bond motifs is 1. The van der Waals surface area contributed by atoms with Crippen molar-refractivity contribution in [3.63, 3.8) is 0 Å². The SMILES string of the molecule is CN(C)OS(=O)(=O)c1ccc2c(c1)CN(C(=O)C(F)(F)F)CC2. The molecule has 1 heterocycles. The van der Waals surface area contributed by atoms with Crippen LogP contribution in [0.1, 0.15) is 11.1 Å². The molecule has 0 unspecified atom stereocenters. The van der Waals surface area contributed by atoms with Gasteiger partial charge >= 0.3 is 22.2 Å². The molecule has 0 saturated heterocycles. The van der Waals surface area contributed by atoms with Crippen LogP contribution >= 0.6 is 0 Å². The Kier molecular flexibility index (Phi) is 4.69. The van der Waals surface area contributed by atoms with Gasteiger partial charge in [-0.1, -0.05) is 6.07 Å². The molecule has 0 N–H and O–H groups in total. The van der Waals surface area contributed by atoms with E-state index >= 15 is 0 Å². The molecule has 10 heteroatoms. The summed E-state index contributed by atoms with van der Waals surface area (Å²) in [6.45, 7) is -0.357. The van der Waals surface area contributed by atoms with Crippen LogP contribution in [0.4, 0.5) is 13.2 Å². The number of benzene rings is 1. The van der Waals surface area contributed by atoms with Gasteiger partial charge in [0.2, 0.25) is 0 Å². The minimum atomic E-state index is -4.95. The van der Waals surface area contributed by atoms with Crippen LogP contribution in [0.3, 0.4) is 0 Å². The van der Waals surface area contributed by atoms with Crippen molar-refractivity contribution < 1.29 is 30.7 Å². The third-order valence-electron chi connectivity index (χ3n) is 3.26. The Morgan fingerprint density at radius 1 is 1.26 bits per heavy atom. The van der Waals surface area contributed by atoms with E-state index in [4.69, 9.17) is 0 Å². The van der Waals surface area contributed by atoms with E-state index in [2.05, 4.69) is 4.28 Å². The molecule has 0 bridgehead atoms. The lowest BCUT2D eigenvalue weighted by molar-refractivity contribution is -0.186. The van der Waals surface area contributed by atoms with Crippen molar-refractivity contribution in [2.45, 2.75) is 24.0 Å². The zero-order chi connectivity index (χ0) is 17.4. The fraction of sp³-hybridized carbons (Fsp3) is 0.462. The molecule has 0 aromatic heterocycles. The van der Waals surface area contributed by atoms with Gasteiger partial charge in [-0.3, -0.25) is 4.79 Å². The lowest BCUT2D eigenvalue weighted by Crippen LogP contribution is -2.43. The molecule has 1 aliphatic rings. The van der Waals surface area contributed by atoms with E-state index in [-0.39, 0.29) is 24.4 Å². The molecular formula is C13H15F3N2O4S. The molecule has 0 aliphatic carbocycles. The maximum atomic E-state index is 12.5. The van der Waals surface area contributed by atoms with E-state index in [9.17, 15) is 26.4 Å². The van der Waals surface area contributed by atoms with E-state index in [0.717, 1.165) is 5.06 Å². The van der Waals surface area contributed by atoms with Gasteiger partial charge in [-0.25, -0.2) is 0 Å². The lowest BCUT2D eigenvalue weighted by atomic mass is 10.00. The normalized spacial score (nSPS) is 15.7. The molecular weight excluding hydrogens is 337 g/mol. The lowest BCUT2D eigenvalue weighted by Gasteiger charge is -2.29. The second kappa shape index (κ2) is 6.10. The molecule has 0 fully saturated rings. The number of alkyl halides is 3. The highest BCUT2D eigenvalue weighted by Crippen LogP contribution is 2.27. The summed E-state index contributed by atoms with van der Waals surface area (Å²) in [5.74, 6) is -1.93. The number of hydrogen-bond donors (Lipinski definition) is 0. The largest absolute Gasteiger partial charge is 0.471 e. The first-order chi connectivity index (χ1) is 10.5. The van der Waals surface area contributed by atoms with Crippen LogP contribution in [0.15, 0.2) is 23.1 Å². The van der Waals surface area contributed by atoms with E-state index in [0.29, 0.717) is 16.0 Å². The number of amides is 1. The Morgan fingerprint density at radius 3 is 2.48 bits per heavy atom. The summed E-state index contributed by atoms with van der Waals surface area (Å²) in [6.07, 6.45) is -4.72. The van der Waals surface area contributed by atoms with Crippen molar-refractivity contribution in [2.75, 3.05) is 20.6 Å². The first-order valence-corrected chi connectivity index (χ1v) is 8.01. The van der Waals surface area contributed by atoms with Gasteiger partial charge in [0.1, 0.15) is 0 Å². The summed E-state index contributed by atoms with van der Waals surface area (Å²) in [4.78, 5) is 11.8. The van der Waals surface area contributed by atoms with Crippen molar-refractivity contribution in [1.82, 2.24) is 9.96 Å². The molecule has 0 spiro atoms. The highest BCUT2D eigenvalue weighted by molar-refractivity contribution is 7.86. The molecule has 0 atom stereocenters. The monoisotopic (exact) mass is 352 g/mol. The minimum Gasteiger partial charge on any atom is -0.330 e. The second-order valence-corrected chi connectivity index (χ2v) is 6.77. The van der Waals surface area contributed by atoms with Crippen LogP contribution in [0, 0.1) is 0 Å². The summed E-state index contributed by atoms with van der Waals surface area (Å²) in [5.41, 5.74) is 1.07. The summed E-state index contributed by atoms with van der Waals surface area (Å²) < 4.78 is 66.2. The van der Waals surface area contributed by atoms with Gasteiger partial charge in [-0.15, -0.1) is 0 Å². The van der Waals surface area contributed by atoms with Crippen LogP contribution in [0.25, 0.3) is 0 Å². The predicted octanol–water partition coefficient (Wildman–Crippen LogP) is 1.32. The Balaban J connectivity index is 2.29. The van der Waals surface area contributed by atoms with Crippen molar-refractivity contribution in [3.8, 4) is 0 Å². The second-order valence-electron chi connectivity index (χ2n) is 5.25. The van der Waals surface area contributed by atoms with Crippen molar-refractivity contribution >= 4 is 16.0 Å². The number of carbonyl (C=O) groups is 1. The highest BCUT2D eigenvalue weighted by atomic mass is 32.2. The van der Waals surface area contributed by atoms with Crippen LogP contribution in [0.2, 0.25) is 0 Å². The van der Waals surface area contributed by atoms with Gasteiger partial charge < -0.3 is 4.90 Å². The number of halogens is 3. The third-order valence-corrected chi connectivity index (χ3v) is 4.58. The summed E-state index contributed by atoms with van der Waals surface area (Å²) in [7, 11) is -1.28. The zero-order valence-electron chi connectivity index (χ0n) is 12.4. The van der Waals surface area contributed by atoms with Gasteiger partial charge in [-0.2, -0.15) is 30.9 Å². The average molecular weight is 352 g/mol. The fourth-order valence-electron chi connectivity index (χ4n) is 2.28. The molecule has 1 amide bonds. The van der Waals surface area contributed by atoms with Crippen molar-refractivity contribution in [1.29, 1.82) is 0 Å². The first-order valence-electron chi connectivity index (χ1n) is 6.60. The molecule has 1 aromatic rings. The average Bonchev–Trinajstić information content (AvgIpc) is 2.43. The molecule has 6 nitrogen and oxygen atoms in total. The van der Waals surface area contributed by atoms with Gasteiger partial charge in [0.05, 0.1) is 4.90 Å². The van der Waals surface area contributed by atoms with E-state index in [1.165, 1.54) is 32.3 Å². The molecule has 128 valence electrons. The van der Waals surface area contributed by atoms with Crippen LogP contribution in [-0.4, -0.2) is 51.1 Å². The molecule has 2 rings (SSSR count). The molecule has 0 radical (unpaired) electrons. The zero-order valence-corrected chi connectivity index (χ0v) is 13.2. The number of rotatable bonds is 3. The summed E-state index contributed by atoms with van der Waals surface area (Å²) >= 11 is 0. The number of carbonyl (C=O) groups excluding carboxylic acids is 1. The maximum Gasteiger partial charge on any atom is 0.471 e. The standard InChI is InChI=1S/C13H15F3N2O4S/c1-17(2)22-23(20,21)11-4-3-9-5-6-18(8-10(9)7-11)12(19)13(14,15)16/h3-4,7H,5-6,8H2,1-2H3. The maximum absolute atomic E-state index is 12.5. The van der Waals surface area contributed by atoms with Crippen LogP contribution in [0.5, 0.6) is 0 Å². The van der Waals surface area contributed by atoms with Gasteiger partial charge in [-0.05, 0) is 29.7 Å². The minimum absolute atomic E-state index is 0.0639. The first kappa shape index (κ1) is 17.7. The van der Waals surface area contributed by atoms with Crippen molar-refractivity contribution in [2.24, 2.45) is 0 Å². The number of nitrogens with zero attached hydrogens (tertiary/aromatic N) is 2. The molecule has 1 aliphatic heterocycles. The molecule has 23 heavy (non-hydrogen) atoms. The Hall–Kier alpha value is -1.65. The Labute approximate surface area is 131 Å². The van der Waals surface area contributed by atoms with Gasteiger partial charge in [0.25, 0.3) is 0 Å². The van der Waals surface area contributed by atoms with Gasteiger partial charge in [0, 0.05) is 27.2 Å². The number of hydrogen-bond acceptors (Lipinski definition) is 5.